The maximum Gasteiger partial charge on any atom is 0.239 e. The van der Waals surface area contributed by atoms with E-state index in [9.17, 15) is 4.79 Å². The summed E-state index contributed by atoms with van der Waals surface area (Å²) >= 11 is 0. The van der Waals surface area contributed by atoms with E-state index in [1.165, 1.54) is 5.56 Å². The fourth-order valence-corrected chi connectivity index (χ4v) is 1.66. The third-order valence-corrected chi connectivity index (χ3v) is 3.15. The minimum Gasteiger partial charge on any atom is -0.344 e. The van der Waals surface area contributed by atoms with Crippen molar-refractivity contribution in [3.63, 3.8) is 0 Å². The predicted molar refractivity (Wildman–Crippen MR) is 75.2 cm³/mol. The van der Waals surface area contributed by atoms with Crippen LogP contribution >= 0.6 is 0 Å². The van der Waals surface area contributed by atoms with Crippen LogP contribution in [0.2, 0.25) is 0 Å². The van der Waals surface area contributed by atoms with Gasteiger partial charge >= 0.3 is 0 Å². The SMILES string of the molecule is CN(CCc1ccccc1)C(=O)[C@H](N)C(C)(C)C. The maximum absolute atomic E-state index is 12.1. The van der Waals surface area contributed by atoms with Crippen LogP contribution in [0.3, 0.4) is 0 Å². The number of carbonyl (C=O) groups is 1. The van der Waals surface area contributed by atoms with Gasteiger partial charge in [0.05, 0.1) is 6.04 Å². The van der Waals surface area contributed by atoms with E-state index in [1.807, 2.05) is 46.0 Å². The normalized spacial score (nSPS) is 13.2. The molecule has 0 saturated carbocycles. The molecule has 1 aromatic carbocycles. The first-order chi connectivity index (χ1) is 8.32. The highest BCUT2D eigenvalue weighted by atomic mass is 16.2. The minimum absolute atomic E-state index is 0.0124. The van der Waals surface area contributed by atoms with E-state index in [1.54, 1.807) is 4.90 Å². The van der Waals surface area contributed by atoms with Crippen molar-refractivity contribution < 1.29 is 4.79 Å². The van der Waals surface area contributed by atoms with Crippen molar-refractivity contribution in [1.29, 1.82) is 0 Å². The Morgan fingerprint density at radius 1 is 1.28 bits per heavy atom. The van der Waals surface area contributed by atoms with Gasteiger partial charge in [-0.25, -0.2) is 0 Å². The van der Waals surface area contributed by atoms with Gasteiger partial charge in [0.1, 0.15) is 0 Å². The fourth-order valence-electron chi connectivity index (χ4n) is 1.66. The van der Waals surface area contributed by atoms with Gasteiger partial charge < -0.3 is 10.6 Å². The van der Waals surface area contributed by atoms with Crippen LogP contribution in [0.25, 0.3) is 0 Å². The second-order valence-electron chi connectivity index (χ2n) is 5.84. The monoisotopic (exact) mass is 248 g/mol. The molecule has 3 nitrogen and oxygen atoms in total. The molecule has 0 bridgehead atoms. The Morgan fingerprint density at radius 3 is 2.33 bits per heavy atom. The summed E-state index contributed by atoms with van der Waals surface area (Å²) < 4.78 is 0. The highest BCUT2D eigenvalue weighted by molar-refractivity contribution is 5.82. The summed E-state index contributed by atoms with van der Waals surface area (Å²) in [6, 6.07) is 9.71. The lowest BCUT2D eigenvalue weighted by atomic mass is 9.86. The molecule has 0 aliphatic heterocycles. The molecule has 0 heterocycles. The van der Waals surface area contributed by atoms with Gasteiger partial charge in [-0.3, -0.25) is 4.79 Å². The van der Waals surface area contributed by atoms with E-state index >= 15 is 0 Å². The van der Waals surface area contributed by atoms with Gasteiger partial charge in [0.15, 0.2) is 0 Å². The highest BCUT2D eigenvalue weighted by Gasteiger charge is 2.29. The number of rotatable bonds is 4. The molecule has 0 unspecified atom stereocenters. The first-order valence-corrected chi connectivity index (χ1v) is 6.37. The van der Waals surface area contributed by atoms with Gasteiger partial charge in [0.25, 0.3) is 0 Å². The largest absolute Gasteiger partial charge is 0.344 e. The highest BCUT2D eigenvalue weighted by Crippen LogP contribution is 2.18. The van der Waals surface area contributed by atoms with Crippen LogP contribution in [-0.4, -0.2) is 30.4 Å². The lowest BCUT2D eigenvalue weighted by Gasteiger charge is -2.30. The van der Waals surface area contributed by atoms with E-state index in [0.717, 1.165) is 6.42 Å². The molecule has 0 radical (unpaired) electrons. The quantitative estimate of drug-likeness (QED) is 0.886. The van der Waals surface area contributed by atoms with Crippen LogP contribution in [0.1, 0.15) is 26.3 Å². The topological polar surface area (TPSA) is 46.3 Å². The molecule has 3 heteroatoms. The summed E-state index contributed by atoms with van der Waals surface area (Å²) in [5, 5.41) is 0. The zero-order chi connectivity index (χ0) is 13.8. The first-order valence-electron chi connectivity index (χ1n) is 6.37. The van der Waals surface area contributed by atoms with Gasteiger partial charge in [-0.05, 0) is 17.4 Å². The molecule has 1 aromatic rings. The molecule has 0 aromatic heterocycles. The second kappa shape index (κ2) is 6.01. The zero-order valence-corrected chi connectivity index (χ0v) is 11.8. The lowest BCUT2D eigenvalue weighted by molar-refractivity contribution is -0.133. The summed E-state index contributed by atoms with van der Waals surface area (Å²) in [6.45, 7) is 6.66. The lowest BCUT2D eigenvalue weighted by Crippen LogP contribution is -2.49. The summed E-state index contributed by atoms with van der Waals surface area (Å²) in [7, 11) is 1.82. The maximum atomic E-state index is 12.1. The third-order valence-electron chi connectivity index (χ3n) is 3.15. The van der Waals surface area contributed by atoms with Crippen molar-refractivity contribution in [2.24, 2.45) is 11.1 Å². The number of carbonyl (C=O) groups excluding carboxylic acids is 1. The van der Waals surface area contributed by atoms with Gasteiger partial charge in [0.2, 0.25) is 5.91 Å². The Labute approximate surface area is 110 Å². The van der Waals surface area contributed by atoms with Gasteiger partial charge in [-0.1, -0.05) is 51.1 Å². The van der Waals surface area contributed by atoms with Crippen LogP contribution in [0.4, 0.5) is 0 Å². The molecular formula is C15H24N2O. The van der Waals surface area contributed by atoms with E-state index in [-0.39, 0.29) is 11.3 Å². The molecule has 1 amide bonds. The number of hydrogen-bond donors (Lipinski definition) is 1. The van der Waals surface area contributed by atoms with E-state index in [0.29, 0.717) is 6.54 Å². The molecule has 0 spiro atoms. The number of amides is 1. The first kappa shape index (κ1) is 14.7. The van der Waals surface area contributed by atoms with Crippen molar-refractivity contribution in [2.45, 2.75) is 33.2 Å². The number of hydrogen-bond acceptors (Lipinski definition) is 2. The van der Waals surface area contributed by atoms with E-state index < -0.39 is 6.04 Å². The molecule has 18 heavy (non-hydrogen) atoms. The molecule has 1 atom stereocenters. The molecule has 2 N–H and O–H groups in total. The van der Waals surface area contributed by atoms with Crippen LogP contribution in [0.15, 0.2) is 30.3 Å². The van der Waals surface area contributed by atoms with Gasteiger partial charge in [-0.2, -0.15) is 0 Å². The Morgan fingerprint density at radius 2 is 1.83 bits per heavy atom. The summed E-state index contributed by atoms with van der Waals surface area (Å²) in [5.41, 5.74) is 7.01. The fraction of sp³-hybridized carbons (Fsp3) is 0.533. The number of benzene rings is 1. The number of nitrogens with zero attached hydrogens (tertiary/aromatic N) is 1. The van der Waals surface area contributed by atoms with Gasteiger partial charge in [0, 0.05) is 13.6 Å². The van der Waals surface area contributed by atoms with Crippen LogP contribution < -0.4 is 5.73 Å². The van der Waals surface area contributed by atoms with E-state index in [2.05, 4.69) is 12.1 Å². The number of likely N-dealkylation sites (N-methyl/N-ethyl adjacent to an activating group) is 1. The van der Waals surface area contributed by atoms with Crippen molar-refractivity contribution in [3.8, 4) is 0 Å². The van der Waals surface area contributed by atoms with Crippen molar-refractivity contribution in [2.75, 3.05) is 13.6 Å². The molecule has 0 fully saturated rings. The van der Waals surface area contributed by atoms with Crippen LogP contribution in [0.5, 0.6) is 0 Å². The molecule has 0 saturated heterocycles. The summed E-state index contributed by atoms with van der Waals surface area (Å²) in [6.07, 6.45) is 0.861. The smallest absolute Gasteiger partial charge is 0.239 e. The standard InChI is InChI=1S/C15H24N2O/c1-15(2,3)13(16)14(18)17(4)11-10-12-8-6-5-7-9-12/h5-9,13H,10-11,16H2,1-4H3/t13-/m0/s1. The summed E-state index contributed by atoms with van der Waals surface area (Å²) in [5.74, 6) is 0.0124. The van der Waals surface area contributed by atoms with Crippen molar-refractivity contribution >= 4 is 5.91 Å². The molecule has 1 rings (SSSR count). The minimum atomic E-state index is -0.446. The molecule has 100 valence electrons. The third kappa shape index (κ3) is 4.15. The second-order valence-corrected chi connectivity index (χ2v) is 5.84. The summed E-state index contributed by atoms with van der Waals surface area (Å²) in [4.78, 5) is 13.8. The predicted octanol–water partition coefficient (Wildman–Crippen LogP) is 2.06. The molecular weight excluding hydrogens is 224 g/mol. The Hall–Kier alpha value is -1.35. The Bertz CT molecular complexity index is 381. The average Bonchev–Trinajstić information content (AvgIpc) is 2.34. The van der Waals surface area contributed by atoms with Crippen molar-refractivity contribution in [3.05, 3.63) is 35.9 Å². The average molecular weight is 248 g/mol. The number of nitrogens with two attached hydrogens (primary N) is 1. The van der Waals surface area contributed by atoms with Crippen LogP contribution in [-0.2, 0) is 11.2 Å². The van der Waals surface area contributed by atoms with Crippen LogP contribution in [0, 0.1) is 5.41 Å². The molecule has 0 aliphatic carbocycles. The van der Waals surface area contributed by atoms with Gasteiger partial charge in [-0.15, -0.1) is 0 Å². The zero-order valence-electron chi connectivity index (χ0n) is 11.8. The van der Waals surface area contributed by atoms with E-state index in [4.69, 9.17) is 5.73 Å². The Balaban J connectivity index is 2.51. The Kier molecular flexibility index (Phi) is 4.91. The molecule has 0 aliphatic rings. The van der Waals surface area contributed by atoms with Crippen molar-refractivity contribution in [1.82, 2.24) is 4.90 Å².